The summed E-state index contributed by atoms with van der Waals surface area (Å²) < 4.78 is 15.9. The molecule has 144 valence electrons. The summed E-state index contributed by atoms with van der Waals surface area (Å²) >= 11 is 0. The van der Waals surface area contributed by atoms with Crippen molar-refractivity contribution in [3.63, 3.8) is 0 Å². The number of methoxy groups -OCH3 is 3. The second-order valence-corrected chi connectivity index (χ2v) is 6.63. The monoisotopic (exact) mass is 362 g/mol. The van der Waals surface area contributed by atoms with E-state index < -0.39 is 0 Å². The number of nitrogens with one attached hydrogen (secondary N) is 1. The van der Waals surface area contributed by atoms with Gasteiger partial charge in [-0.2, -0.15) is 0 Å². The zero-order chi connectivity index (χ0) is 18.9. The summed E-state index contributed by atoms with van der Waals surface area (Å²) in [4.78, 5) is 14.5. The quantitative estimate of drug-likeness (QED) is 0.720. The molecule has 1 atom stereocenters. The van der Waals surface area contributed by atoms with Crippen LogP contribution in [0.4, 0.5) is 0 Å². The van der Waals surface area contributed by atoms with Crippen molar-refractivity contribution in [1.82, 2.24) is 10.2 Å². The molecule has 2 rings (SSSR count). The van der Waals surface area contributed by atoms with Gasteiger partial charge in [-0.3, -0.25) is 4.79 Å². The molecule has 1 amide bonds. The molecule has 0 radical (unpaired) electrons. The van der Waals surface area contributed by atoms with Crippen LogP contribution >= 0.6 is 0 Å². The van der Waals surface area contributed by atoms with Crippen molar-refractivity contribution in [2.45, 2.75) is 19.8 Å². The summed E-state index contributed by atoms with van der Waals surface area (Å²) in [5, 5.41) is 2.94. The SMILES string of the molecule is COc1cc(/C=C/C(=O)NCCN2CCC[C@H](C)C2)cc(OC)c1OC. The maximum Gasteiger partial charge on any atom is 0.244 e. The van der Waals surface area contributed by atoms with E-state index in [0.29, 0.717) is 23.8 Å². The van der Waals surface area contributed by atoms with Crippen molar-refractivity contribution in [2.24, 2.45) is 5.92 Å². The molecule has 0 aromatic heterocycles. The van der Waals surface area contributed by atoms with Crippen LogP contribution in [-0.2, 0) is 4.79 Å². The van der Waals surface area contributed by atoms with Gasteiger partial charge in [0.2, 0.25) is 11.7 Å². The minimum Gasteiger partial charge on any atom is -0.493 e. The molecule has 0 aliphatic carbocycles. The number of likely N-dealkylation sites (tertiary alicyclic amines) is 1. The van der Waals surface area contributed by atoms with E-state index in [0.717, 1.165) is 31.1 Å². The van der Waals surface area contributed by atoms with Crippen LogP contribution in [0.15, 0.2) is 18.2 Å². The van der Waals surface area contributed by atoms with Gasteiger partial charge >= 0.3 is 0 Å². The van der Waals surface area contributed by atoms with Gasteiger partial charge in [-0.1, -0.05) is 6.92 Å². The predicted molar refractivity (Wildman–Crippen MR) is 103 cm³/mol. The molecular formula is C20H30N2O4. The topological polar surface area (TPSA) is 60.0 Å². The Balaban J connectivity index is 1.89. The van der Waals surface area contributed by atoms with Gasteiger partial charge in [-0.25, -0.2) is 0 Å². The molecule has 0 unspecified atom stereocenters. The summed E-state index contributed by atoms with van der Waals surface area (Å²) in [6.07, 6.45) is 5.82. The summed E-state index contributed by atoms with van der Waals surface area (Å²) in [5.74, 6) is 2.30. The normalized spacial score (nSPS) is 17.9. The first-order valence-corrected chi connectivity index (χ1v) is 9.05. The van der Waals surface area contributed by atoms with Crippen LogP contribution in [0.3, 0.4) is 0 Å². The van der Waals surface area contributed by atoms with Crippen LogP contribution in [0.25, 0.3) is 6.08 Å². The molecule has 1 aromatic rings. The van der Waals surface area contributed by atoms with Gasteiger partial charge in [-0.15, -0.1) is 0 Å². The van der Waals surface area contributed by atoms with Crippen LogP contribution in [0.1, 0.15) is 25.3 Å². The summed E-state index contributed by atoms with van der Waals surface area (Å²) in [5.41, 5.74) is 0.805. The smallest absolute Gasteiger partial charge is 0.244 e. The Labute approximate surface area is 156 Å². The Morgan fingerprint density at radius 2 is 1.92 bits per heavy atom. The molecular weight excluding hydrogens is 332 g/mol. The number of hydrogen-bond donors (Lipinski definition) is 1. The summed E-state index contributed by atoms with van der Waals surface area (Å²) in [6.45, 7) is 6.09. The van der Waals surface area contributed by atoms with Crippen molar-refractivity contribution < 1.29 is 19.0 Å². The third kappa shape index (κ3) is 5.66. The lowest BCUT2D eigenvalue weighted by Gasteiger charge is -2.30. The fourth-order valence-electron chi connectivity index (χ4n) is 3.26. The minimum absolute atomic E-state index is 0.108. The van der Waals surface area contributed by atoms with Gasteiger partial charge in [0.15, 0.2) is 11.5 Å². The van der Waals surface area contributed by atoms with Gasteiger partial charge < -0.3 is 24.4 Å². The van der Waals surface area contributed by atoms with Crippen molar-refractivity contribution in [2.75, 3.05) is 47.5 Å². The maximum absolute atomic E-state index is 12.1. The molecule has 1 aliphatic rings. The number of hydrogen-bond acceptors (Lipinski definition) is 5. The van der Waals surface area contributed by atoms with Crippen LogP contribution in [0, 0.1) is 5.92 Å². The average molecular weight is 362 g/mol. The molecule has 6 heteroatoms. The molecule has 1 N–H and O–H groups in total. The van der Waals surface area contributed by atoms with E-state index >= 15 is 0 Å². The molecule has 1 saturated heterocycles. The lowest BCUT2D eigenvalue weighted by atomic mass is 10.0. The van der Waals surface area contributed by atoms with Crippen LogP contribution < -0.4 is 19.5 Å². The van der Waals surface area contributed by atoms with Gasteiger partial charge in [0.25, 0.3) is 0 Å². The van der Waals surface area contributed by atoms with Crippen LogP contribution in [0.5, 0.6) is 17.2 Å². The largest absolute Gasteiger partial charge is 0.493 e. The van der Waals surface area contributed by atoms with Crippen molar-refractivity contribution in [3.8, 4) is 17.2 Å². The Bertz CT molecular complexity index is 605. The number of carbonyl (C=O) groups is 1. The summed E-state index contributed by atoms with van der Waals surface area (Å²) in [7, 11) is 4.70. The number of amides is 1. The van der Waals surface area contributed by atoms with E-state index in [9.17, 15) is 4.79 Å². The van der Waals surface area contributed by atoms with Crippen LogP contribution in [0.2, 0.25) is 0 Å². The van der Waals surface area contributed by atoms with Gasteiger partial charge in [-0.05, 0) is 49.1 Å². The molecule has 6 nitrogen and oxygen atoms in total. The Hall–Kier alpha value is -2.21. The number of carbonyl (C=O) groups excluding carboxylic acids is 1. The first-order chi connectivity index (χ1) is 12.6. The fraction of sp³-hybridized carbons (Fsp3) is 0.550. The zero-order valence-electron chi connectivity index (χ0n) is 16.2. The molecule has 0 bridgehead atoms. The van der Waals surface area contributed by atoms with E-state index in [1.165, 1.54) is 18.9 Å². The van der Waals surface area contributed by atoms with Gasteiger partial charge in [0.05, 0.1) is 21.3 Å². The number of benzene rings is 1. The maximum atomic E-state index is 12.1. The lowest BCUT2D eigenvalue weighted by molar-refractivity contribution is -0.116. The third-order valence-corrected chi connectivity index (χ3v) is 4.58. The molecule has 1 aromatic carbocycles. The molecule has 1 fully saturated rings. The number of piperidine rings is 1. The van der Waals surface area contributed by atoms with E-state index in [-0.39, 0.29) is 5.91 Å². The van der Waals surface area contributed by atoms with E-state index in [1.54, 1.807) is 39.5 Å². The van der Waals surface area contributed by atoms with E-state index in [1.807, 2.05) is 0 Å². The van der Waals surface area contributed by atoms with Crippen LogP contribution in [-0.4, -0.2) is 58.3 Å². The lowest BCUT2D eigenvalue weighted by Crippen LogP contribution is -2.39. The first-order valence-electron chi connectivity index (χ1n) is 9.05. The van der Waals surface area contributed by atoms with E-state index in [4.69, 9.17) is 14.2 Å². The molecule has 26 heavy (non-hydrogen) atoms. The third-order valence-electron chi connectivity index (χ3n) is 4.58. The Kier molecular flexibility index (Phi) is 7.78. The van der Waals surface area contributed by atoms with Gasteiger partial charge in [0, 0.05) is 25.7 Å². The number of nitrogens with zero attached hydrogens (tertiary/aromatic N) is 1. The highest BCUT2D eigenvalue weighted by molar-refractivity contribution is 5.91. The zero-order valence-corrected chi connectivity index (χ0v) is 16.2. The highest BCUT2D eigenvalue weighted by Crippen LogP contribution is 2.38. The highest BCUT2D eigenvalue weighted by Gasteiger charge is 2.15. The molecule has 0 spiro atoms. The van der Waals surface area contributed by atoms with Crippen molar-refractivity contribution >= 4 is 12.0 Å². The number of rotatable bonds is 8. The predicted octanol–water partition coefficient (Wildman–Crippen LogP) is 2.57. The van der Waals surface area contributed by atoms with Crippen molar-refractivity contribution in [1.29, 1.82) is 0 Å². The number of ether oxygens (including phenoxy) is 3. The van der Waals surface area contributed by atoms with E-state index in [2.05, 4.69) is 17.1 Å². The second-order valence-electron chi connectivity index (χ2n) is 6.63. The minimum atomic E-state index is -0.108. The summed E-state index contributed by atoms with van der Waals surface area (Å²) in [6, 6.07) is 3.61. The standard InChI is InChI=1S/C20H30N2O4/c1-15-6-5-10-22(14-15)11-9-21-19(23)8-7-16-12-17(24-2)20(26-4)18(13-16)25-3/h7-8,12-13,15H,5-6,9-11,14H2,1-4H3,(H,21,23)/b8-7+/t15-/m0/s1. The fourth-order valence-corrected chi connectivity index (χ4v) is 3.26. The molecule has 1 aliphatic heterocycles. The Morgan fingerprint density at radius 1 is 1.23 bits per heavy atom. The molecule has 1 heterocycles. The highest BCUT2D eigenvalue weighted by atomic mass is 16.5. The first kappa shape index (κ1) is 20.1. The van der Waals surface area contributed by atoms with Gasteiger partial charge in [0.1, 0.15) is 0 Å². The molecule has 0 saturated carbocycles. The average Bonchev–Trinajstić information content (AvgIpc) is 2.65. The van der Waals surface area contributed by atoms with Crippen molar-refractivity contribution in [3.05, 3.63) is 23.8 Å². The second kappa shape index (κ2) is 10.1. The Morgan fingerprint density at radius 3 is 2.50 bits per heavy atom.